The first-order chi connectivity index (χ1) is 15.6. The summed E-state index contributed by atoms with van der Waals surface area (Å²) in [6, 6.07) is 25.3. The van der Waals surface area contributed by atoms with Crippen LogP contribution in [0.25, 0.3) is 33.6 Å². The number of aromatic nitrogens is 1. The molecule has 1 aromatic heterocycles. The second-order valence-electron chi connectivity index (χ2n) is 7.41. The van der Waals surface area contributed by atoms with E-state index >= 15 is 0 Å². The number of hydrogen-bond acceptors (Lipinski definition) is 4. The zero-order valence-electron chi connectivity index (χ0n) is 17.3. The molecule has 0 bridgehead atoms. The number of fused-ring (bicyclic) bond motifs is 1. The Morgan fingerprint density at radius 2 is 1.50 bits per heavy atom. The SMILES string of the molecule is COc1ccc(-c2cc(-c3ccc(Cl)cc3)nc(-c3ccc4c(c3)NC(=O)CO4)c2)cc1. The molecule has 5 nitrogen and oxygen atoms in total. The number of halogens is 1. The molecule has 1 amide bonds. The Labute approximate surface area is 190 Å². The van der Waals surface area contributed by atoms with Gasteiger partial charge in [-0.2, -0.15) is 0 Å². The fourth-order valence-corrected chi connectivity index (χ4v) is 3.77. The number of rotatable bonds is 4. The first-order valence-electron chi connectivity index (χ1n) is 10.1. The summed E-state index contributed by atoms with van der Waals surface area (Å²) in [5.74, 6) is 1.28. The van der Waals surface area contributed by atoms with Gasteiger partial charge in [-0.25, -0.2) is 4.98 Å². The number of ether oxygens (including phenoxy) is 2. The lowest BCUT2D eigenvalue weighted by atomic mass is 9.99. The predicted octanol–water partition coefficient (Wildman–Crippen LogP) is 6.08. The number of benzene rings is 3. The maximum absolute atomic E-state index is 11.8. The van der Waals surface area contributed by atoms with Crippen molar-refractivity contribution in [3.63, 3.8) is 0 Å². The van der Waals surface area contributed by atoms with Gasteiger partial charge >= 0.3 is 0 Å². The van der Waals surface area contributed by atoms with Gasteiger partial charge in [-0.1, -0.05) is 35.9 Å². The molecule has 0 unspecified atom stereocenters. The average Bonchev–Trinajstić information content (AvgIpc) is 2.84. The van der Waals surface area contributed by atoms with Gasteiger partial charge < -0.3 is 14.8 Å². The third-order valence-electron chi connectivity index (χ3n) is 5.30. The van der Waals surface area contributed by atoms with E-state index in [4.69, 9.17) is 26.1 Å². The smallest absolute Gasteiger partial charge is 0.262 e. The van der Waals surface area contributed by atoms with E-state index in [0.717, 1.165) is 39.4 Å². The Kier molecular flexibility index (Phi) is 5.25. The highest BCUT2D eigenvalue weighted by Gasteiger charge is 2.17. The monoisotopic (exact) mass is 442 g/mol. The minimum atomic E-state index is -0.170. The molecule has 2 heterocycles. The van der Waals surface area contributed by atoms with Crippen LogP contribution in [-0.2, 0) is 4.79 Å². The van der Waals surface area contributed by atoms with Crippen LogP contribution in [0.4, 0.5) is 5.69 Å². The molecule has 0 aliphatic carbocycles. The Morgan fingerprint density at radius 3 is 2.22 bits per heavy atom. The van der Waals surface area contributed by atoms with Crippen molar-refractivity contribution in [2.75, 3.05) is 19.0 Å². The molecule has 1 aliphatic heterocycles. The van der Waals surface area contributed by atoms with E-state index in [-0.39, 0.29) is 12.5 Å². The van der Waals surface area contributed by atoms with Crippen LogP contribution in [0.15, 0.2) is 78.9 Å². The second-order valence-corrected chi connectivity index (χ2v) is 7.85. The van der Waals surface area contributed by atoms with Gasteiger partial charge in [-0.05, 0) is 65.7 Å². The summed E-state index contributed by atoms with van der Waals surface area (Å²) in [5.41, 5.74) is 6.14. The van der Waals surface area contributed by atoms with Crippen LogP contribution < -0.4 is 14.8 Å². The molecule has 0 saturated heterocycles. The average molecular weight is 443 g/mol. The molecule has 0 atom stereocenters. The van der Waals surface area contributed by atoms with Crippen molar-refractivity contribution in [2.45, 2.75) is 0 Å². The van der Waals surface area contributed by atoms with Gasteiger partial charge in [0.05, 0.1) is 24.2 Å². The molecule has 0 spiro atoms. The fraction of sp³-hybridized carbons (Fsp3) is 0.0769. The minimum absolute atomic E-state index is 0.0261. The number of anilines is 1. The van der Waals surface area contributed by atoms with Crippen molar-refractivity contribution >= 4 is 23.2 Å². The number of nitrogens with zero attached hydrogens (tertiary/aromatic N) is 1. The van der Waals surface area contributed by atoms with Crippen LogP contribution in [0.5, 0.6) is 11.5 Å². The molecule has 0 fully saturated rings. The molecule has 5 rings (SSSR count). The van der Waals surface area contributed by atoms with Gasteiger partial charge in [0.15, 0.2) is 6.61 Å². The van der Waals surface area contributed by atoms with Crippen molar-refractivity contribution in [3.05, 3.63) is 83.9 Å². The maximum atomic E-state index is 11.8. The third kappa shape index (κ3) is 4.03. The summed E-state index contributed by atoms with van der Waals surface area (Å²) < 4.78 is 10.8. The van der Waals surface area contributed by atoms with Gasteiger partial charge in [-0.15, -0.1) is 0 Å². The topological polar surface area (TPSA) is 60.5 Å². The van der Waals surface area contributed by atoms with Crippen LogP contribution in [0.2, 0.25) is 5.02 Å². The predicted molar refractivity (Wildman–Crippen MR) is 126 cm³/mol. The summed E-state index contributed by atoms with van der Waals surface area (Å²) in [6.45, 7) is 0.0261. The van der Waals surface area contributed by atoms with Gasteiger partial charge in [0.2, 0.25) is 0 Å². The van der Waals surface area contributed by atoms with Crippen molar-refractivity contribution in [1.82, 2.24) is 4.98 Å². The van der Waals surface area contributed by atoms with Crippen LogP contribution in [-0.4, -0.2) is 24.6 Å². The van der Waals surface area contributed by atoms with Crippen molar-refractivity contribution in [3.8, 4) is 45.1 Å². The summed E-state index contributed by atoms with van der Waals surface area (Å²) in [7, 11) is 1.65. The van der Waals surface area contributed by atoms with Crippen LogP contribution in [0.3, 0.4) is 0 Å². The summed E-state index contributed by atoms with van der Waals surface area (Å²) >= 11 is 6.08. The number of nitrogens with one attached hydrogen (secondary N) is 1. The molecule has 3 aromatic carbocycles. The number of hydrogen-bond donors (Lipinski definition) is 1. The zero-order chi connectivity index (χ0) is 22.1. The maximum Gasteiger partial charge on any atom is 0.262 e. The largest absolute Gasteiger partial charge is 0.497 e. The Morgan fingerprint density at radius 1 is 0.844 bits per heavy atom. The van der Waals surface area contributed by atoms with Crippen LogP contribution >= 0.6 is 11.6 Å². The molecule has 32 heavy (non-hydrogen) atoms. The lowest BCUT2D eigenvalue weighted by Gasteiger charge is -2.19. The quantitative estimate of drug-likeness (QED) is 0.416. The Hall–Kier alpha value is -3.83. The fourth-order valence-electron chi connectivity index (χ4n) is 3.64. The Bertz CT molecular complexity index is 1300. The summed E-state index contributed by atoms with van der Waals surface area (Å²) in [5, 5.41) is 3.53. The molecule has 0 saturated carbocycles. The highest BCUT2D eigenvalue weighted by atomic mass is 35.5. The van der Waals surface area contributed by atoms with Crippen molar-refractivity contribution in [2.24, 2.45) is 0 Å². The normalized spacial score (nSPS) is 12.5. The van der Waals surface area contributed by atoms with Gasteiger partial charge in [-0.3, -0.25) is 4.79 Å². The number of carbonyl (C=O) groups excluding carboxylic acids is 1. The second kappa shape index (κ2) is 8.36. The summed E-state index contributed by atoms with van der Waals surface area (Å²) in [4.78, 5) is 16.7. The lowest BCUT2D eigenvalue weighted by Crippen LogP contribution is -2.25. The van der Waals surface area contributed by atoms with E-state index in [1.807, 2.05) is 72.8 Å². The molecule has 0 radical (unpaired) electrons. The standard InChI is InChI=1S/C26H19ClN2O3/c1-31-21-9-4-16(5-10-21)19-13-22(17-2-7-20(27)8-3-17)28-23(14-19)18-6-11-25-24(12-18)29-26(30)15-32-25/h2-14H,15H2,1H3,(H,29,30). The Balaban J connectivity index is 1.64. The van der Waals surface area contributed by atoms with E-state index in [1.165, 1.54) is 0 Å². The highest BCUT2D eigenvalue weighted by molar-refractivity contribution is 6.30. The zero-order valence-corrected chi connectivity index (χ0v) is 18.0. The van der Waals surface area contributed by atoms with Crippen molar-refractivity contribution < 1.29 is 14.3 Å². The first-order valence-corrected chi connectivity index (χ1v) is 10.5. The summed E-state index contributed by atoms with van der Waals surface area (Å²) in [6.07, 6.45) is 0. The van der Waals surface area contributed by atoms with E-state index in [9.17, 15) is 4.79 Å². The van der Waals surface area contributed by atoms with Gasteiger partial charge in [0, 0.05) is 16.1 Å². The minimum Gasteiger partial charge on any atom is -0.497 e. The van der Waals surface area contributed by atoms with E-state index < -0.39 is 0 Å². The highest BCUT2D eigenvalue weighted by Crippen LogP contribution is 2.35. The molecule has 6 heteroatoms. The van der Waals surface area contributed by atoms with Gasteiger partial charge in [0.1, 0.15) is 11.5 Å². The number of amides is 1. The number of methoxy groups -OCH3 is 1. The van der Waals surface area contributed by atoms with Gasteiger partial charge in [0.25, 0.3) is 5.91 Å². The molecular formula is C26H19ClN2O3. The first kappa shape index (κ1) is 20.1. The molecule has 158 valence electrons. The van der Waals surface area contributed by atoms with E-state index in [2.05, 4.69) is 11.4 Å². The molecule has 1 aliphatic rings. The number of carbonyl (C=O) groups is 1. The number of pyridine rings is 1. The molecule has 1 N–H and O–H groups in total. The molecule has 4 aromatic rings. The van der Waals surface area contributed by atoms with Crippen LogP contribution in [0.1, 0.15) is 0 Å². The van der Waals surface area contributed by atoms with Crippen molar-refractivity contribution in [1.29, 1.82) is 0 Å². The molecular weight excluding hydrogens is 424 g/mol. The van der Waals surface area contributed by atoms with Crippen LogP contribution in [0, 0.1) is 0 Å². The third-order valence-corrected chi connectivity index (χ3v) is 5.55. The van der Waals surface area contributed by atoms with E-state index in [1.54, 1.807) is 7.11 Å². The van der Waals surface area contributed by atoms with E-state index in [0.29, 0.717) is 16.5 Å². The lowest BCUT2D eigenvalue weighted by molar-refractivity contribution is -0.118.